The van der Waals surface area contributed by atoms with Gasteiger partial charge in [0.1, 0.15) is 22.3 Å². The van der Waals surface area contributed by atoms with Crippen LogP contribution in [0.25, 0.3) is 84.2 Å². The number of rotatable bonds is 0. The van der Waals surface area contributed by atoms with E-state index < -0.39 is 0 Å². The van der Waals surface area contributed by atoms with E-state index in [2.05, 4.69) is 204 Å². The van der Waals surface area contributed by atoms with E-state index in [0.29, 0.717) is 0 Å². The molecule has 0 aliphatic heterocycles. The summed E-state index contributed by atoms with van der Waals surface area (Å²) >= 11 is 3.79. The molecule has 15 aromatic rings. The van der Waals surface area contributed by atoms with Gasteiger partial charge in [0, 0.05) is 97.6 Å². The summed E-state index contributed by atoms with van der Waals surface area (Å²) < 4.78 is 17.3. The normalized spacial score (nSPS) is 10.7. The Hall–Kier alpha value is -8.75. The van der Waals surface area contributed by atoms with E-state index in [-0.39, 0.29) is 0 Å². The number of pyridine rings is 3. The molecule has 15 rings (SSSR count). The number of aryl methyl sites for hydroxylation is 14. The molecule has 0 aliphatic rings. The third-order valence-corrected chi connectivity index (χ3v) is 16.8. The molecule has 0 aliphatic carbocycles. The highest BCUT2D eigenvalue weighted by Gasteiger charge is 2.11. The number of hydrogen-bond donors (Lipinski definition) is 0. The predicted octanol–water partition coefficient (Wildman–Crippen LogP) is 22.8. The quantitative estimate of drug-likeness (QED) is 0.151. The van der Waals surface area contributed by atoms with E-state index in [0.717, 1.165) is 39.4 Å². The highest BCUT2D eigenvalue weighted by molar-refractivity contribution is 7.26. The van der Waals surface area contributed by atoms with Crippen LogP contribution < -0.4 is 0 Å². The number of furan rings is 2. The fourth-order valence-corrected chi connectivity index (χ4v) is 13.2. The molecule has 7 heterocycles. The first-order valence-corrected chi connectivity index (χ1v) is 30.2. The van der Waals surface area contributed by atoms with E-state index in [4.69, 9.17) is 8.83 Å². The van der Waals surface area contributed by atoms with Gasteiger partial charge in [0.2, 0.25) is 0 Å². The summed E-state index contributed by atoms with van der Waals surface area (Å²) in [6.45, 7) is 29.3. The zero-order chi connectivity index (χ0) is 59.6. The highest BCUT2D eigenvalue weighted by Crippen LogP contribution is 2.38. The van der Waals surface area contributed by atoms with E-state index in [1.165, 1.54) is 123 Å². The lowest BCUT2D eigenvalue weighted by atomic mass is 10.1. The summed E-state index contributed by atoms with van der Waals surface area (Å²) in [5, 5.41) is 10.5. The first-order valence-electron chi connectivity index (χ1n) is 28.6. The molecule has 0 N–H and O–H groups in total. The Morgan fingerprint density at radius 1 is 0.298 bits per heavy atom. The molecule has 0 saturated heterocycles. The highest BCUT2D eigenvalue weighted by atomic mass is 32.1. The van der Waals surface area contributed by atoms with Crippen molar-refractivity contribution in [2.45, 2.75) is 96.9 Å². The minimum Gasteiger partial charge on any atom is -0.456 e. The molecule has 0 fully saturated rings. The molecule has 0 bridgehead atoms. The van der Waals surface area contributed by atoms with Crippen LogP contribution in [0.5, 0.6) is 0 Å². The molecule has 0 radical (unpaired) electrons. The van der Waals surface area contributed by atoms with Gasteiger partial charge in [0.25, 0.3) is 0 Å². The van der Waals surface area contributed by atoms with E-state index >= 15 is 0 Å². The van der Waals surface area contributed by atoms with Crippen LogP contribution in [0.4, 0.5) is 0 Å². The Labute approximate surface area is 503 Å². The Morgan fingerprint density at radius 2 is 0.821 bits per heavy atom. The largest absolute Gasteiger partial charge is 0.456 e. The molecule has 0 unspecified atom stereocenters. The number of hydrogen-bond acceptors (Lipinski definition) is 7. The minimum atomic E-state index is 0.973. The fourth-order valence-electron chi connectivity index (χ4n) is 10.8. The van der Waals surface area contributed by atoms with Crippen LogP contribution in [0, 0.1) is 96.9 Å². The third kappa shape index (κ3) is 14.7. The predicted molar refractivity (Wildman–Crippen MR) is 365 cm³/mol. The second-order valence-corrected chi connectivity index (χ2v) is 24.3. The molecule has 0 saturated carbocycles. The van der Waals surface area contributed by atoms with Gasteiger partial charge in [-0.05, 0) is 219 Å². The number of benzene rings is 8. The van der Waals surface area contributed by atoms with Gasteiger partial charge < -0.3 is 8.83 Å². The lowest BCUT2D eigenvalue weighted by molar-refractivity contribution is 0.665. The van der Waals surface area contributed by atoms with Gasteiger partial charge in [-0.1, -0.05) is 121 Å². The fraction of sp³-hybridized carbons (Fsp3) is 0.182. The molecular weight excluding hydrogens is 1060 g/mol. The van der Waals surface area contributed by atoms with Crippen LogP contribution in [-0.4, -0.2) is 15.0 Å². The van der Waals surface area contributed by atoms with Gasteiger partial charge in [0.05, 0.1) is 0 Å². The Balaban J connectivity index is 0.000000120. The van der Waals surface area contributed by atoms with Crippen molar-refractivity contribution in [3.63, 3.8) is 0 Å². The van der Waals surface area contributed by atoms with Gasteiger partial charge in [0.15, 0.2) is 0 Å². The van der Waals surface area contributed by atoms with Crippen molar-refractivity contribution in [3.8, 4) is 0 Å². The summed E-state index contributed by atoms with van der Waals surface area (Å²) in [7, 11) is 0. The monoisotopic (exact) mass is 1140 g/mol. The minimum absolute atomic E-state index is 0.973. The zero-order valence-corrected chi connectivity index (χ0v) is 52.7. The average molecular weight is 1140 g/mol. The van der Waals surface area contributed by atoms with Gasteiger partial charge in [-0.15, -0.1) is 22.7 Å². The Kier molecular flexibility index (Phi) is 19.3. The second-order valence-electron chi connectivity index (χ2n) is 22.2. The van der Waals surface area contributed by atoms with Crippen molar-refractivity contribution in [2.75, 3.05) is 0 Å². The smallest absolute Gasteiger partial charge is 0.138 e. The molecule has 422 valence electrons. The van der Waals surface area contributed by atoms with Crippen LogP contribution in [0.2, 0.25) is 0 Å². The van der Waals surface area contributed by atoms with Crippen molar-refractivity contribution < 1.29 is 8.83 Å². The summed E-state index contributed by atoms with van der Waals surface area (Å²) in [6.07, 6.45) is 5.58. The standard InChI is InChI=1S/2C14H12O.2C14H12S.3C7H9N/c1-9-7-10(2)14-12(8-9)11-5-3-4-6-13(11)15-14;1-9-7-10(2)14-11-5-3-4-6-12(11)15-13(14)8-9;1-9-7-10(2)14-12(8-9)11-5-3-4-6-13(11)15-14;1-9-7-10(2)14-11-5-3-4-6-12(11)15-13(14)8-9;1-6-3-7(2)5-8-4-6;1-6-3-4-7(2)8-5-6;1-6-4-3-5-7(2)8-6/h4*3-8H,1-2H3;3*3-5H,1-2H3. The zero-order valence-electron chi connectivity index (χ0n) is 51.0. The molecule has 0 spiro atoms. The molecule has 7 aromatic heterocycles. The maximum Gasteiger partial charge on any atom is 0.138 e. The maximum absolute atomic E-state index is 5.84. The van der Waals surface area contributed by atoms with Gasteiger partial charge in [-0.3, -0.25) is 15.0 Å². The van der Waals surface area contributed by atoms with Crippen LogP contribution in [0.3, 0.4) is 0 Å². The maximum atomic E-state index is 5.84. The summed E-state index contributed by atoms with van der Waals surface area (Å²) in [5.41, 5.74) is 21.4. The third-order valence-electron chi connectivity index (χ3n) is 14.4. The lowest BCUT2D eigenvalue weighted by Gasteiger charge is -1.99. The number of para-hydroxylation sites is 2. The van der Waals surface area contributed by atoms with Crippen LogP contribution in [0.1, 0.15) is 78.3 Å². The molecule has 5 nitrogen and oxygen atoms in total. The van der Waals surface area contributed by atoms with Crippen LogP contribution in [-0.2, 0) is 0 Å². The van der Waals surface area contributed by atoms with Crippen molar-refractivity contribution in [3.05, 3.63) is 279 Å². The molecule has 84 heavy (non-hydrogen) atoms. The topological polar surface area (TPSA) is 65.0 Å². The first kappa shape index (κ1) is 59.9. The Morgan fingerprint density at radius 3 is 1.42 bits per heavy atom. The van der Waals surface area contributed by atoms with Crippen LogP contribution >= 0.6 is 22.7 Å². The van der Waals surface area contributed by atoms with Gasteiger partial charge in [-0.2, -0.15) is 0 Å². The van der Waals surface area contributed by atoms with Gasteiger partial charge >= 0.3 is 0 Å². The van der Waals surface area contributed by atoms with Crippen LogP contribution in [0.15, 0.2) is 209 Å². The molecule has 0 amide bonds. The Bertz CT molecular complexity index is 4380. The van der Waals surface area contributed by atoms with Crippen molar-refractivity contribution in [1.29, 1.82) is 0 Å². The average Bonchev–Trinajstić information content (AvgIpc) is 2.34. The van der Waals surface area contributed by atoms with Gasteiger partial charge in [-0.25, -0.2) is 0 Å². The first-order chi connectivity index (χ1) is 40.4. The van der Waals surface area contributed by atoms with E-state index in [1.807, 2.05) is 131 Å². The molecule has 0 atom stereocenters. The number of fused-ring (bicyclic) bond motifs is 12. The second kappa shape index (κ2) is 27.1. The number of aromatic nitrogens is 3. The number of nitrogens with zero attached hydrogens (tertiary/aromatic N) is 3. The van der Waals surface area contributed by atoms with Crippen molar-refractivity contribution >= 4 is 107 Å². The van der Waals surface area contributed by atoms with Crippen molar-refractivity contribution in [2.24, 2.45) is 0 Å². The lowest BCUT2D eigenvalue weighted by Crippen LogP contribution is -1.81. The van der Waals surface area contributed by atoms with Crippen molar-refractivity contribution in [1.82, 2.24) is 15.0 Å². The number of thiophene rings is 2. The van der Waals surface area contributed by atoms with E-state index in [1.54, 1.807) is 0 Å². The molecular formula is C77H75N3O2S2. The summed E-state index contributed by atoms with van der Waals surface area (Å²) in [5.74, 6) is 0. The molecule has 8 aromatic carbocycles. The summed E-state index contributed by atoms with van der Waals surface area (Å²) in [6, 6.07) is 63.6. The SMILES string of the molecule is Cc1cc(C)c2c(c1)oc1ccccc12.Cc1cc(C)c2c(c1)sc1ccccc12.Cc1cc(C)c2oc3ccccc3c2c1.Cc1cc(C)c2sc3ccccc3c2c1.Cc1ccc(C)nc1.Cc1cccc(C)n1.Cc1cncc(C)c1. The van der Waals surface area contributed by atoms with E-state index in [9.17, 15) is 0 Å². The molecule has 7 heteroatoms. The summed E-state index contributed by atoms with van der Waals surface area (Å²) in [4.78, 5) is 12.2.